The molecule has 0 unspecified atom stereocenters. The Kier molecular flexibility index (Phi) is 1.67. The first-order valence-corrected chi connectivity index (χ1v) is 4.03. The van der Waals surface area contributed by atoms with Crippen molar-refractivity contribution in [1.29, 1.82) is 0 Å². The van der Waals surface area contributed by atoms with E-state index in [9.17, 15) is 14.8 Å². The first-order chi connectivity index (χ1) is 6.63. The number of hydrogen-bond donors (Lipinski definition) is 1. The number of nitrogens with zero attached hydrogens (tertiary/aromatic N) is 2. The Morgan fingerprint density at radius 3 is 2.29 bits per heavy atom. The molecule has 0 spiro atoms. The van der Waals surface area contributed by atoms with E-state index in [1.807, 2.05) is 0 Å². The van der Waals surface area contributed by atoms with Gasteiger partial charge in [-0.25, -0.2) is 0 Å². The van der Waals surface area contributed by atoms with Crippen molar-refractivity contribution >= 4 is 11.0 Å². The third-order valence-electron chi connectivity index (χ3n) is 2.15. The number of benzene rings is 1. The fourth-order valence-corrected chi connectivity index (χ4v) is 1.38. The summed E-state index contributed by atoms with van der Waals surface area (Å²) in [4.78, 5) is 22.5. The largest absolute Gasteiger partial charge is 0.425 e. The van der Waals surface area contributed by atoms with Gasteiger partial charge >= 0.3 is 11.1 Å². The summed E-state index contributed by atoms with van der Waals surface area (Å²) in [6.45, 7) is 0. The van der Waals surface area contributed by atoms with Gasteiger partial charge in [-0.15, -0.1) is 4.73 Å². The smallest absolute Gasteiger partial charge is 0.349 e. The topological polar surface area (TPSA) is 64.2 Å². The highest BCUT2D eigenvalue weighted by Crippen LogP contribution is 2.06. The average molecular weight is 192 g/mol. The van der Waals surface area contributed by atoms with Crippen molar-refractivity contribution in [3.63, 3.8) is 0 Å². The maximum absolute atomic E-state index is 11.3. The Balaban J connectivity index is 3.19. The molecule has 1 N–H and O–H groups in total. The minimum Gasteiger partial charge on any atom is -0.425 e. The first kappa shape index (κ1) is 8.55. The van der Waals surface area contributed by atoms with Crippen LogP contribution in [0.1, 0.15) is 0 Å². The molecule has 1 aromatic carbocycles. The van der Waals surface area contributed by atoms with Gasteiger partial charge < -0.3 is 9.77 Å². The van der Waals surface area contributed by atoms with Gasteiger partial charge in [-0.05, 0) is 12.1 Å². The molecule has 2 aromatic rings. The monoisotopic (exact) mass is 192 g/mol. The summed E-state index contributed by atoms with van der Waals surface area (Å²) >= 11 is 0. The first-order valence-electron chi connectivity index (χ1n) is 4.03. The third-order valence-corrected chi connectivity index (χ3v) is 2.15. The molecule has 72 valence electrons. The van der Waals surface area contributed by atoms with E-state index < -0.39 is 11.1 Å². The lowest BCUT2D eigenvalue weighted by molar-refractivity contribution is 0.186. The normalized spacial score (nSPS) is 10.6. The Bertz CT molecular complexity index is 555. The SMILES string of the molecule is Cn1c(=O)c(=O)n(O)c2ccccc21. The van der Waals surface area contributed by atoms with E-state index in [1.165, 1.54) is 11.6 Å². The summed E-state index contributed by atoms with van der Waals surface area (Å²) in [7, 11) is 1.49. The zero-order valence-electron chi connectivity index (χ0n) is 7.47. The highest BCUT2D eigenvalue weighted by Gasteiger charge is 2.08. The number of fused-ring (bicyclic) bond motifs is 1. The lowest BCUT2D eigenvalue weighted by Crippen LogP contribution is -2.39. The van der Waals surface area contributed by atoms with Gasteiger partial charge in [-0.1, -0.05) is 12.1 Å². The van der Waals surface area contributed by atoms with Crippen molar-refractivity contribution in [2.24, 2.45) is 7.05 Å². The minimum atomic E-state index is -0.939. The molecule has 1 heterocycles. The van der Waals surface area contributed by atoms with Crippen molar-refractivity contribution in [3.05, 3.63) is 45.0 Å². The second-order valence-corrected chi connectivity index (χ2v) is 2.97. The van der Waals surface area contributed by atoms with Gasteiger partial charge in [-0.2, -0.15) is 0 Å². The van der Waals surface area contributed by atoms with Crippen LogP contribution in [0.4, 0.5) is 0 Å². The molecule has 0 aliphatic heterocycles. The highest BCUT2D eigenvalue weighted by atomic mass is 16.5. The molecule has 0 saturated heterocycles. The summed E-state index contributed by atoms with van der Waals surface area (Å²) in [5, 5.41) is 9.35. The van der Waals surface area contributed by atoms with Crippen LogP contribution in [-0.4, -0.2) is 14.5 Å². The molecule has 0 radical (unpaired) electrons. The zero-order chi connectivity index (χ0) is 10.3. The van der Waals surface area contributed by atoms with Crippen LogP contribution < -0.4 is 11.1 Å². The van der Waals surface area contributed by atoms with Crippen LogP contribution in [0.2, 0.25) is 0 Å². The molecular weight excluding hydrogens is 184 g/mol. The maximum atomic E-state index is 11.3. The maximum Gasteiger partial charge on any atom is 0.349 e. The molecule has 0 amide bonds. The lowest BCUT2D eigenvalue weighted by atomic mass is 10.3. The standard InChI is InChI=1S/C9H8N2O3/c1-10-6-4-2-3-5-7(6)11(14)9(13)8(10)12/h2-5,14H,1H3. The van der Waals surface area contributed by atoms with E-state index >= 15 is 0 Å². The van der Waals surface area contributed by atoms with Crippen molar-refractivity contribution in [1.82, 2.24) is 9.30 Å². The van der Waals surface area contributed by atoms with Crippen LogP contribution >= 0.6 is 0 Å². The predicted octanol–water partition coefficient (Wildman–Crippen LogP) is -0.0625. The van der Waals surface area contributed by atoms with Gasteiger partial charge in [0.15, 0.2) is 0 Å². The van der Waals surface area contributed by atoms with Gasteiger partial charge in [0.25, 0.3) is 0 Å². The number of hydrogen-bond acceptors (Lipinski definition) is 3. The van der Waals surface area contributed by atoms with Gasteiger partial charge in [0, 0.05) is 7.05 Å². The summed E-state index contributed by atoms with van der Waals surface area (Å²) in [5.74, 6) is 0. The molecule has 0 bridgehead atoms. The van der Waals surface area contributed by atoms with Crippen molar-refractivity contribution in [3.8, 4) is 0 Å². The second kappa shape index (κ2) is 2.73. The third kappa shape index (κ3) is 0.953. The van der Waals surface area contributed by atoms with Gasteiger partial charge in [-0.3, -0.25) is 9.59 Å². The Morgan fingerprint density at radius 1 is 1.07 bits per heavy atom. The Hall–Kier alpha value is -2.04. The average Bonchev–Trinajstić information content (AvgIpc) is 2.23. The van der Waals surface area contributed by atoms with E-state index in [4.69, 9.17) is 0 Å². The summed E-state index contributed by atoms with van der Waals surface area (Å²) < 4.78 is 1.59. The summed E-state index contributed by atoms with van der Waals surface area (Å²) in [6.07, 6.45) is 0. The van der Waals surface area contributed by atoms with Crippen LogP contribution in [0.5, 0.6) is 0 Å². The molecule has 1 aromatic heterocycles. The highest BCUT2D eigenvalue weighted by molar-refractivity contribution is 5.74. The second-order valence-electron chi connectivity index (χ2n) is 2.97. The van der Waals surface area contributed by atoms with Crippen LogP contribution in [-0.2, 0) is 7.05 Å². The van der Waals surface area contributed by atoms with Crippen LogP contribution in [0, 0.1) is 0 Å². The molecular formula is C9H8N2O3. The molecule has 0 atom stereocenters. The zero-order valence-corrected chi connectivity index (χ0v) is 7.47. The number of aromatic nitrogens is 2. The fraction of sp³-hybridized carbons (Fsp3) is 0.111. The molecule has 0 aliphatic rings. The van der Waals surface area contributed by atoms with Crippen molar-refractivity contribution in [2.45, 2.75) is 0 Å². The van der Waals surface area contributed by atoms with Crippen LogP contribution in [0.25, 0.3) is 11.0 Å². The molecule has 0 aliphatic carbocycles. The summed E-state index contributed by atoms with van der Waals surface area (Å²) in [6, 6.07) is 6.63. The van der Waals surface area contributed by atoms with Gasteiger partial charge in [0.1, 0.15) is 5.52 Å². The molecule has 0 fully saturated rings. The van der Waals surface area contributed by atoms with E-state index in [0.717, 1.165) is 0 Å². The number of rotatable bonds is 0. The van der Waals surface area contributed by atoms with Crippen LogP contribution in [0.3, 0.4) is 0 Å². The molecule has 5 heteroatoms. The fourth-order valence-electron chi connectivity index (χ4n) is 1.38. The summed E-state index contributed by atoms with van der Waals surface area (Å²) in [5.41, 5.74) is -0.850. The molecule has 2 rings (SSSR count). The van der Waals surface area contributed by atoms with Gasteiger partial charge in [0.05, 0.1) is 5.52 Å². The van der Waals surface area contributed by atoms with E-state index in [1.54, 1.807) is 24.3 Å². The molecule has 5 nitrogen and oxygen atoms in total. The van der Waals surface area contributed by atoms with E-state index in [2.05, 4.69) is 0 Å². The van der Waals surface area contributed by atoms with Gasteiger partial charge in [0.2, 0.25) is 0 Å². The number of aryl methyl sites for hydroxylation is 1. The van der Waals surface area contributed by atoms with E-state index in [-0.39, 0.29) is 0 Å². The van der Waals surface area contributed by atoms with E-state index in [0.29, 0.717) is 15.8 Å². The Morgan fingerprint density at radius 2 is 1.64 bits per heavy atom. The quantitative estimate of drug-likeness (QED) is 0.469. The minimum absolute atomic E-state index is 0.319. The predicted molar refractivity (Wildman–Crippen MR) is 50.6 cm³/mol. The number of para-hydroxylation sites is 2. The molecule has 0 saturated carbocycles. The van der Waals surface area contributed by atoms with Crippen molar-refractivity contribution in [2.75, 3.05) is 0 Å². The van der Waals surface area contributed by atoms with Crippen molar-refractivity contribution < 1.29 is 5.21 Å². The Labute approximate surface area is 78.4 Å². The van der Waals surface area contributed by atoms with Crippen LogP contribution in [0.15, 0.2) is 33.9 Å². The molecule has 14 heavy (non-hydrogen) atoms. The lowest BCUT2D eigenvalue weighted by Gasteiger charge is -2.05.